The Bertz CT molecular complexity index is 1200. The van der Waals surface area contributed by atoms with Crippen LogP contribution in [0, 0.1) is 5.82 Å². The molecule has 2 unspecified atom stereocenters. The smallest absolute Gasteiger partial charge is 0.416 e. The van der Waals surface area contributed by atoms with Gasteiger partial charge in [0.25, 0.3) is 0 Å². The average Bonchev–Trinajstić information content (AvgIpc) is 2.79. The molecule has 3 aromatic rings. The van der Waals surface area contributed by atoms with Crippen LogP contribution in [0.25, 0.3) is 11.1 Å². The third kappa shape index (κ3) is 6.21. The number of rotatable bonds is 8. The van der Waals surface area contributed by atoms with E-state index < -0.39 is 40.6 Å². The van der Waals surface area contributed by atoms with Crippen LogP contribution in [-0.4, -0.2) is 32.7 Å². The molecule has 1 N–H and O–H groups in total. The molecule has 10 heteroatoms. The summed E-state index contributed by atoms with van der Waals surface area (Å²) in [6, 6.07) is 14.5. The van der Waals surface area contributed by atoms with Gasteiger partial charge in [-0.3, -0.25) is 0 Å². The van der Waals surface area contributed by atoms with E-state index in [-0.39, 0.29) is 23.4 Å². The molecular weight excluding hydrogens is 474 g/mol. The van der Waals surface area contributed by atoms with Crippen molar-refractivity contribution < 1.29 is 36.4 Å². The van der Waals surface area contributed by atoms with E-state index in [1.54, 1.807) is 19.2 Å². The molecule has 0 aliphatic heterocycles. The first-order chi connectivity index (χ1) is 16.0. The number of benzene rings is 3. The van der Waals surface area contributed by atoms with Gasteiger partial charge in [-0.2, -0.15) is 13.2 Å². The van der Waals surface area contributed by atoms with Crippen LogP contribution in [0.15, 0.2) is 71.6 Å². The number of carboxylic acids is 1. The highest BCUT2D eigenvalue weighted by molar-refractivity contribution is 7.82. The lowest BCUT2D eigenvalue weighted by Gasteiger charge is -2.19. The molecule has 5 nitrogen and oxygen atoms in total. The standard InChI is InChI=1S/C24H21F4NO4S/c1-15(23(30)31)33-22-11-6-16(14-29(2)34(32)20-9-7-19(25)8-10-20)12-21(22)17-4-3-5-18(13-17)24(26,27)28/h3-13,15H,14H2,1-2H3,(H,30,31). The number of carboxylic acid groups (broad SMARTS) is 1. The van der Waals surface area contributed by atoms with E-state index in [2.05, 4.69) is 0 Å². The van der Waals surface area contributed by atoms with Gasteiger partial charge in [-0.25, -0.2) is 17.7 Å². The van der Waals surface area contributed by atoms with Crippen LogP contribution in [0.1, 0.15) is 18.1 Å². The maximum absolute atomic E-state index is 13.3. The van der Waals surface area contributed by atoms with Crippen molar-refractivity contribution in [1.82, 2.24) is 4.31 Å². The normalized spacial score (nSPS) is 13.5. The Kier molecular flexibility index (Phi) is 7.73. The molecule has 3 aromatic carbocycles. The van der Waals surface area contributed by atoms with E-state index in [1.807, 2.05) is 0 Å². The Morgan fingerprint density at radius 2 is 1.76 bits per heavy atom. The highest BCUT2D eigenvalue weighted by atomic mass is 32.2. The zero-order chi connectivity index (χ0) is 25.0. The van der Waals surface area contributed by atoms with E-state index >= 15 is 0 Å². The van der Waals surface area contributed by atoms with Crippen LogP contribution in [0.5, 0.6) is 5.75 Å². The number of hydrogen-bond acceptors (Lipinski definition) is 3. The summed E-state index contributed by atoms with van der Waals surface area (Å²) >= 11 is 0. The number of carbonyl (C=O) groups is 1. The van der Waals surface area contributed by atoms with Crippen LogP contribution in [0.3, 0.4) is 0 Å². The fourth-order valence-corrected chi connectivity index (χ4v) is 4.15. The summed E-state index contributed by atoms with van der Waals surface area (Å²) in [7, 11) is -0.0315. The van der Waals surface area contributed by atoms with Crippen LogP contribution >= 0.6 is 0 Å². The topological polar surface area (TPSA) is 66.8 Å². The quantitative estimate of drug-likeness (QED) is 0.418. The van der Waals surface area contributed by atoms with Crippen molar-refractivity contribution in [1.29, 1.82) is 0 Å². The third-order valence-corrected chi connectivity index (χ3v) is 6.27. The molecule has 0 amide bonds. The van der Waals surface area contributed by atoms with Crippen molar-refractivity contribution >= 4 is 17.0 Å². The number of hydrogen-bond donors (Lipinski definition) is 1. The highest BCUT2D eigenvalue weighted by Crippen LogP contribution is 2.36. The largest absolute Gasteiger partial charge is 0.479 e. The lowest BCUT2D eigenvalue weighted by molar-refractivity contribution is -0.144. The van der Waals surface area contributed by atoms with E-state index in [9.17, 15) is 31.7 Å². The van der Waals surface area contributed by atoms with Crippen molar-refractivity contribution in [2.75, 3.05) is 7.05 Å². The number of alkyl halides is 3. The molecular formula is C24H21F4NO4S. The first kappa shape index (κ1) is 25.4. The monoisotopic (exact) mass is 495 g/mol. The molecule has 0 saturated heterocycles. The predicted octanol–water partition coefficient (Wildman–Crippen LogP) is 5.52. The van der Waals surface area contributed by atoms with Crippen LogP contribution in [0.2, 0.25) is 0 Å². The first-order valence-electron chi connectivity index (χ1n) is 10.0. The van der Waals surface area contributed by atoms with E-state index in [0.29, 0.717) is 10.5 Å². The van der Waals surface area contributed by atoms with Gasteiger partial charge in [0.05, 0.1) is 10.5 Å². The second-order valence-electron chi connectivity index (χ2n) is 7.50. The molecule has 2 atom stereocenters. The van der Waals surface area contributed by atoms with Gasteiger partial charge in [-0.05, 0) is 66.6 Å². The van der Waals surface area contributed by atoms with E-state index in [0.717, 1.165) is 12.1 Å². The maximum Gasteiger partial charge on any atom is 0.416 e. The van der Waals surface area contributed by atoms with Crippen LogP contribution < -0.4 is 4.74 Å². The summed E-state index contributed by atoms with van der Waals surface area (Å²) in [6.45, 7) is 1.45. The predicted molar refractivity (Wildman–Crippen MR) is 119 cm³/mol. The fraction of sp³-hybridized carbons (Fsp3) is 0.208. The van der Waals surface area contributed by atoms with Crippen LogP contribution in [0.4, 0.5) is 17.6 Å². The van der Waals surface area contributed by atoms with Crippen molar-refractivity contribution in [2.24, 2.45) is 0 Å². The number of halogens is 4. The number of aliphatic carboxylic acids is 1. The van der Waals surface area contributed by atoms with Gasteiger partial charge in [0.2, 0.25) is 0 Å². The minimum Gasteiger partial charge on any atom is -0.479 e. The molecule has 0 saturated carbocycles. The lowest BCUT2D eigenvalue weighted by Crippen LogP contribution is -2.23. The van der Waals surface area contributed by atoms with Crippen molar-refractivity contribution in [3.63, 3.8) is 0 Å². The van der Waals surface area contributed by atoms with Gasteiger partial charge in [0.1, 0.15) is 22.6 Å². The minimum atomic E-state index is -4.56. The van der Waals surface area contributed by atoms with Gasteiger partial charge >= 0.3 is 12.1 Å². The van der Waals surface area contributed by atoms with Gasteiger partial charge in [-0.1, -0.05) is 18.2 Å². The average molecular weight is 495 g/mol. The molecule has 0 aliphatic rings. The molecule has 3 rings (SSSR count). The van der Waals surface area contributed by atoms with Crippen molar-refractivity contribution in [2.45, 2.75) is 30.6 Å². The summed E-state index contributed by atoms with van der Waals surface area (Å²) in [5.41, 5.74) is 0.187. The van der Waals surface area contributed by atoms with Gasteiger partial charge in [0, 0.05) is 19.2 Å². The molecule has 0 spiro atoms. The zero-order valence-corrected chi connectivity index (χ0v) is 19.0. The molecule has 0 fully saturated rings. The molecule has 0 radical (unpaired) electrons. The van der Waals surface area contributed by atoms with Crippen molar-refractivity contribution in [3.05, 3.63) is 83.7 Å². The minimum absolute atomic E-state index is 0.0975. The summed E-state index contributed by atoms with van der Waals surface area (Å²) in [5, 5.41) is 9.18. The summed E-state index contributed by atoms with van der Waals surface area (Å²) < 4.78 is 72.6. The summed E-state index contributed by atoms with van der Waals surface area (Å²) in [4.78, 5) is 11.6. The Hall–Kier alpha value is -3.24. The zero-order valence-electron chi connectivity index (χ0n) is 18.2. The second kappa shape index (κ2) is 10.4. The number of ether oxygens (including phenoxy) is 1. The molecule has 0 aliphatic carbocycles. The molecule has 180 valence electrons. The molecule has 34 heavy (non-hydrogen) atoms. The molecule has 0 aromatic heterocycles. The van der Waals surface area contributed by atoms with Gasteiger partial charge < -0.3 is 9.84 Å². The third-order valence-electron chi connectivity index (χ3n) is 4.90. The summed E-state index contributed by atoms with van der Waals surface area (Å²) in [5.74, 6) is -1.59. The van der Waals surface area contributed by atoms with Crippen LogP contribution in [-0.2, 0) is 28.5 Å². The molecule has 0 bridgehead atoms. The van der Waals surface area contributed by atoms with Gasteiger partial charge in [0.15, 0.2) is 6.10 Å². The van der Waals surface area contributed by atoms with Crippen molar-refractivity contribution in [3.8, 4) is 16.9 Å². The Morgan fingerprint density at radius 3 is 2.38 bits per heavy atom. The Labute approximate surface area is 196 Å². The van der Waals surface area contributed by atoms with E-state index in [4.69, 9.17) is 4.74 Å². The Balaban J connectivity index is 1.96. The second-order valence-corrected chi connectivity index (χ2v) is 9.09. The van der Waals surface area contributed by atoms with E-state index in [1.165, 1.54) is 53.7 Å². The molecule has 0 heterocycles. The number of nitrogens with zero attached hydrogens (tertiary/aromatic N) is 1. The highest BCUT2D eigenvalue weighted by Gasteiger charge is 2.30. The Morgan fingerprint density at radius 1 is 1.09 bits per heavy atom. The maximum atomic E-state index is 13.3. The van der Waals surface area contributed by atoms with Gasteiger partial charge in [-0.15, -0.1) is 0 Å². The lowest BCUT2D eigenvalue weighted by atomic mass is 9.99. The fourth-order valence-electron chi connectivity index (χ4n) is 3.15. The summed E-state index contributed by atoms with van der Waals surface area (Å²) in [6.07, 6.45) is -5.79. The SMILES string of the molecule is CC(Oc1ccc(CN(C)S(=O)c2ccc(F)cc2)cc1-c1cccc(C(F)(F)F)c1)C(=O)O. The first-order valence-corrected chi connectivity index (χ1v) is 11.1.